The molecule has 6 heteroatoms. The van der Waals surface area contributed by atoms with Crippen LogP contribution in [0.1, 0.15) is 5.56 Å². The molecule has 4 rings (SSSR count). The number of phenolic OH excluding ortho intramolecular Hbond substituents is 1. The van der Waals surface area contributed by atoms with E-state index in [1.54, 1.807) is 36.8 Å². The van der Waals surface area contributed by atoms with Crippen molar-refractivity contribution in [2.45, 2.75) is 0 Å². The maximum atomic E-state index is 9.92. The number of aromatic nitrogens is 2. The van der Waals surface area contributed by atoms with Crippen LogP contribution in [0, 0.1) is 0 Å². The standard InChI is InChI=1S/C19H12ClN3O2/c20-15-5-1-3-12(18(15)24)11-22-14-6-7-17-16(9-14)23-19(25-17)13-4-2-8-21-10-13/h1-11,24H. The Hall–Kier alpha value is -3.18. The van der Waals surface area contributed by atoms with Crippen molar-refractivity contribution in [1.29, 1.82) is 0 Å². The highest BCUT2D eigenvalue weighted by Crippen LogP contribution is 2.28. The number of para-hydroxylation sites is 1. The molecular formula is C19H12ClN3O2. The summed E-state index contributed by atoms with van der Waals surface area (Å²) in [6.07, 6.45) is 4.96. The third kappa shape index (κ3) is 3.09. The molecule has 4 aromatic rings. The van der Waals surface area contributed by atoms with Crippen molar-refractivity contribution in [3.8, 4) is 17.2 Å². The Morgan fingerprint density at radius 2 is 2.04 bits per heavy atom. The minimum atomic E-state index is 0.00861. The lowest BCUT2D eigenvalue weighted by Gasteiger charge is -2.00. The highest BCUT2D eigenvalue weighted by atomic mass is 35.5. The summed E-state index contributed by atoms with van der Waals surface area (Å²) in [5.74, 6) is 0.519. The van der Waals surface area contributed by atoms with E-state index in [4.69, 9.17) is 16.0 Å². The van der Waals surface area contributed by atoms with E-state index in [0.29, 0.717) is 28.2 Å². The van der Waals surface area contributed by atoms with Crippen molar-refractivity contribution < 1.29 is 9.52 Å². The number of pyridine rings is 1. The fourth-order valence-electron chi connectivity index (χ4n) is 2.39. The molecule has 5 nitrogen and oxygen atoms in total. The second-order valence-electron chi connectivity index (χ2n) is 5.35. The number of halogens is 1. The first kappa shape index (κ1) is 15.4. The van der Waals surface area contributed by atoms with Crippen molar-refractivity contribution in [3.05, 3.63) is 71.5 Å². The number of benzene rings is 2. The van der Waals surface area contributed by atoms with Gasteiger partial charge in [-0.2, -0.15) is 0 Å². The topological polar surface area (TPSA) is 71.5 Å². The fourth-order valence-corrected chi connectivity index (χ4v) is 2.57. The molecule has 0 radical (unpaired) electrons. The van der Waals surface area contributed by atoms with Gasteiger partial charge in [0.25, 0.3) is 0 Å². The molecule has 0 saturated heterocycles. The summed E-state index contributed by atoms with van der Waals surface area (Å²) in [7, 11) is 0. The highest BCUT2D eigenvalue weighted by Gasteiger charge is 2.08. The van der Waals surface area contributed by atoms with Crippen LogP contribution in [0.2, 0.25) is 5.02 Å². The largest absolute Gasteiger partial charge is 0.506 e. The molecule has 0 unspecified atom stereocenters. The maximum absolute atomic E-state index is 9.92. The van der Waals surface area contributed by atoms with Crippen molar-refractivity contribution in [2.24, 2.45) is 4.99 Å². The van der Waals surface area contributed by atoms with Gasteiger partial charge in [0.15, 0.2) is 5.58 Å². The summed E-state index contributed by atoms with van der Waals surface area (Å²) >= 11 is 5.90. The van der Waals surface area contributed by atoms with Gasteiger partial charge in [-0.3, -0.25) is 9.98 Å². The maximum Gasteiger partial charge on any atom is 0.228 e. The molecule has 0 bridgehead atoms. The molecule has 0 amide bonds. The number of nitrogens with zero attached hydrogens (tertiary/aromatic N) is 3. The number of aliphatic imine (C=N–C) groups is 1. The molecule has 25 heavy (non-hydrogen) atoms. The van der Waals surface area contributed by atoms with Gasteiger partial charge >= 0.3 is 0 Å². The average Bonchev–Trinajstić information content (AvgIpc) is 3.07. The zero-order valence-corrected chi connectivity index (χ0v) is 13.7. The molecule has 2 aromatic heterocycles. The molecule has 2 heterocycles. The van der Waals surface area contributed by atoms with Crippen LogP contribution in [-0.2, 0) is 0 Å². The van der Waals surface area contributed by atoms with Crippen LogP contribution in [-0.4, -0.2) is 21.3 Å². The Kier molecular flexibility index (Phi) is 3.91. The van der Waals surface area contributed by atoms with E-state index in [0.717, 1.165) is 5.56 Å². The van der Waals surface area contributed by atoms with Crippen molar-refractivity contribution in [1.82, 2.24) is 9.97 Å². The van der Waals surface area contributed by atoms with Crippen LogP contribution in [0.5, 0.6) is 5.75 Å². The Morgan fingerprint density at radius 1 is 1.12 bits per heavy atom. The second kappa shape index (κ2) is 6.37. The Balaban J connectivity index is 1.67. The molecule has 0 aliphatic carbocycles. The van der Waals surface area contributed by atoms with Crippen LogP contribution >= 0.6 is 11.6 Å². The smallest absolute Gasteiger partial charge is 0.228 e. The normalized spacial score (nSPS) is 11.4. The van der Waals surface area contributed by atoms with Gasteiger partial charge in [-0.05, 0) is 42.5 Å². The lowest BCUT2D eigenvalue weighted by Crippen LogP contribution is -1.82. The van der Waals surface area contributed by atoms with E-state index < -0.39 is 0 Å². The summed E-state index contributed by atoms with van der Waals surface area (Å²) in [4.78, 5) is 12.9. The van der Waals surface area contributed by atoms with E-state index in [9.17, 15) is 5.11 Å². The fraction of sp³-hybridized carbons (Fsp3) is 0. The molecule has 0 atom stereocenters. The molecular weight excluding hydrogens is 338 g/mol. The Bertz CT molecular complexity index is 1070. The van der Waals surface area contributed by atoms with E-state index in [-0.39, 0.29) is 10.8 Å². The third-order valence-corrected chi connectivity index (χ3v) is 3.96. The SMILES string of the molecule is Oc1c(Cl)cccc1C=Nc1ccc2oc(-c3cccnc3)nc2c1. The van der Waals surface area contributed by atoms with Crippen molar-refractivity contribution in [3.63, 3.8) is 0 Å². The lowest BCUT2D eigenvalue weighted by atomic mass is 10.2. The predicted molar refractivity (Wildman–Crippen MR) is 97.6 cm³/mol. The predicted octanol–water partition coefficient (Wildman–Crippen LogP) is 5.00. The molecule has 2 aromatic carbocycles. The van der Waals surface area contributed by atoms with Gasteiger partial charge in [-0.25, -0.2) is 4.98 Å². The summed E-state index contributed by atoms with van der Waals surface area (Å²) in [5, 5.41) is 10.2. The number of hydrogen-bond donors (Lipinski definition) is 1. The van der Waals surface area contributed by atoms with Gasteiger partial charge in [0.2, 0.25) is 5.89 Å². The number of fused-ring (bicyclic) bond motifs is 1. The molecule has 122 valence electrons. The molecule has 0 saturated carbocycles. The highest BCUT2D eigenvalue weighted by molar-refractivity contribution is 6.32. The van der Waals surface area contributed by atoms with Gasteiger partial charge in [-0.15, -0.1) is 0 Å². The van der Waals surface area contributed by atoms with Gasteiger partial charge in [0.1, 0.15) is 11.3 Å². The van der Waals surface area contributed by atoms with Gasteiger partial charge in [-0.1, -0.05) is 17.7 Å². The van der Waals surface area contributed by atoms with Crippen LogP contribution < -0.4 is 0 Å². The Morgan fingerprint density at radius 3 is 2.88 bits per heavy atom. The second-order valence-corrected chi connectivity index (χ2v) is 5.76. The summed E-state index contributed by atoms with van der Waals surface area (Å²) in [5.41, 5.74) is 3.42. The first-order valence-corrected chi connectivity index (χ1v) is 7.91. The van der Waals surface area contributed by atoms with Crippen molar-refractivity contribution >= 4 is 34.6 Å². The van der Waals surface area contributed by atoms with Gasteiger partial charge in [0.05, 0.1) is 16.3 Å². The molecule has 0 aliphatic heterocycles. The quantitative estimate of drug-likeness (QED) is 0.528. The minimum Gasteiger partial charge on any atom is -0.506 e. The van der Waals surface area contributed by atoms with Crippen LogP contribution in [0.15, 0.2) is 70.3 Å². The van der Waals surface area contributed by atoms with Gasteiger partial charge < -0.3 is 9.52 Å². The van der Waals surface area contributed by atoms with E-state index in [1.807, 2.05) is 30.3 Å². The number of rotatable bonds is 3. The minimum absolute atomic E-state index is 0.00861. The Labute approximate surface area is 148 Å². The molecule has 1 N–H and O–H groups in total. The number of oxazole rings is 1. The lowest BCUT2D eigenvalue weighted by molar-refractivity contribution is 0.475. The molecule has 0 aliphatic rings. The number of hydrogen-bond acceptors (Lipinski definition) is 5. The summed E-state index contributed by atoms with van der Waals surface area (Å²) < 4.78 is 5.75. The third-order valence-electron chi connectivity index (χ3n) is 3.65. The van der Waals surface area contributed by atoms with Crippen LogP contribution in [0.4, 0.5) is 5.69 Å². The first-order valence-electron chi connectivity index (χ1n) is 7.53. The first-order chi connectivity index (χ1) is 12.2. The number of phenols is 1. The molecule has 0 spiro atoms. The van der Waals surface area contributed by atoms with Crippen LogP contribution in [0.25, 0.3) is 22.6 Å². The van der Waals surface area contributed by atoms with Gasteiger partial charge in [0, 0.05) is 24.2 Å². The van der Waals surface area contributed by atoms with E-state index >= 15 is 0 Å². The zero-order valence-electron chi connectivity index (χ0n) is 12.9. The average molecular weight is 350 g/mol. The van der Waals surface area contributed by atoms with E-state index in [1.165, 1.54) is 0 Å². The monoisotopic (exact) mass is 349 g/mol. The summed E-state index contributed by atoms with van der Waals surface area (Å²) in [6.45, 7) is 0. The zero-order chi connectivity index (χ0) is 17.2. The van der Waals surface area contributed by atoms with E-state index in [2.05, 4.69) is 15.0 Å². The summed E-state index contributed by atoms with van der Waals surface area (Å²) in [6, 6.07) is 14.3. The number of aromatic hydroxyl groups is 1. The van der Waals surface area contributed by atoms with Crippen LogP contribution in [0.3, 0.4) is 0 Å². The van der Waals surface area contributed by atoms with Crippen molar-refractivity contribution in [2.75, 3.05) is 0 Å². The molecule has 0 fully saturated rings.